The van der Waals surface area contributed by atoms with Gasteiger partial charge in [-0.25, -0.2) is 9.18 Å². The number of hydrogen-bond donors (Lipinski definition) is 2. The lowest BCUT2D eigenvalue weighted by Gasteiger charge is -2.42. The fourth-order valence-corrected chi connectivity index (χ4v) is 7.29. The number of nitrogens with zero attached hydrogens (tertiary/aromatic N) is 3. The highest BCUT2D eigenvalue weighted by molar-refractivity contribution is 8.00. The van der Waals surface area contributed by atoms with Gasteiger partial charge in [-0.1, -0.05) is 69.3 Å². The van der Waals surface area contributed by atoms with Crippen molar-refractivity contribution in [1.29, 1.82) is 0 Å². The van der Waals surface area contributed by atoms with Crippen molar-refractivity contribution in [2.24, 2.45) is 17.1 Å². The molecule has 50 heavy (non-hydrogen) atoms. The molecule has 0 saturated carbocycles. The van der Waals surface area contributed by atoms with Crippen LogP contribution < -0.4 is 5.73 Å². The van der Waals surface area contributed by atoms with Gasteiger partial charge < -0.3 is 29.9 Å². The molecule has 0 spiro atoms. The van der Waals surface area contributed by atoms with Crippen molar-refractivity contribution in [2.45, 2.75) is 85.0 Å². The van der Waals surface area contributed by atoms with Crippen LogP contribution in [0.25, 0.3) is 5.57 Å². The minimum absolute atomic E-state index is 0.0138. The van der Waals surface area contributed by atoms with Crippen LogP contribution in [0.2, 0.25) is 0 Å². The second-order valence-corrected chi connectivity index (χ2v) is 16.3. The van der Waals surface area contributed by atoms with Gasteiger partial charge in [-0.15, -0.1) is 11.8 Å². The summed E-state index contributed by atoms with van der Waals surface area (Å²) in [5, 5.41) is 9.33. The minimum atomic E-state index is -1.12. The Bertz CT molecular complexity index is 1590. The maximum atomic E-state index is 15.6. The van der Waals surface area contributed by atoms with Crippen molar-refractivity contribution in [3.8, 4) is 0 Å². The largest absolute Gasteiger partial charge is 0.480 e. The molecule has 4 rings (SSSR count). The van der Waals surface area contributed by atoms with Crippen LogP contribution in [0.4, 0.5) is 9.18 Å². The van der Waals surface area contributed by atoms with E-state index < -0.39 is 29.1 Å². The standard InChI is InChI=1S/C39H53FN4O5S/c1-38(2,3)35(33-20-29(30-16-12-7-8-13-17-31(30)40)24-43(33)21-27-14-10-9-11-15-27)44(34(45)26-50-25-32(41)36(46)47)23-28-18-19-42(22-28)37(48)49-39(4,5)6/h8-11,13-17,20,24,28,32,35H,7,12,18-19,21-23,25-26,41H2,1-6H3,(H,46,47)/t28?,32-,35-/m0/s1. The Morgan fingerprint density at radius 2 is 1.84 bits per heavy atom. The molecule has 1 aromatic carbocycles. The number of benzene rings is 1. The number of rotatable bonds is 12. The van der Waals surface area contributed by atoms with Crippen LogP contribution in [0.3, 0.4) is 0 Å². The lowest BCUT2D eigenvalue weighted by atomic mass is 9.82. The molecule has 272 valence electrons. The van der Waals surface area contributed by atoms with E-state index in [2.05, 4.69) is 25.3 Å². The third kappa shape index (κ3) is 10.8. The number of carbonyl (C=O) groups is 3. The Balaban J connectivity index is 1.77. The number of ether oxygens (including phenoxy) is 1. The molecular formula is C39H53FN4O5S. The molecule has 0 bridgehead atoms. The van der Waals surface area contributed by atoms with Gasteiger partial charge in [0, 0.05) is 55.0 Å². The number of amides is 2. The summed E-state index contributed by atoms with van der Waals surface area (Å²) >= 11 is 1.20. The van der Waals surface area contributed by atoms with Crippen LogP contribution in [0.5, 0.6) is 0 Å². The number of thioether (sulfide) groups is 1. The molecule has 2 heterocycles. The molecule has 2 amide bonds. The number of likely N-dealkylation sites (tertiary alicyclic amines) is 1. The molecule has 1 aliphatic heterocycles. The van der Waals surface area contributed by atoms with E-state index in [0.29, 0.717) is 44.6 Å². The highest BCUT2D eigenvalue weighted by Gasteiger charge is 2.40. The number of allylic oxidation sites excluding steroid dienone is 6. The highest BCUT2D eigenvalue weighted by Crippen LogP contribution is 2.42. The summed E-state index contributed by atoms with van der Waals surface area (Å²) in [6.07, 6.45) is 10.9. The van der Waals surface area contributed by atoms with Gasteiger partial charge >= 0.3 is 12.1 Å². The van der Waals surface area contributed by atoms with Crippen LogP contribution in [0.15, 0.2) is 72.7 Å². The topological polar surface area (TPSA) is 118 Å². The molecule has 11 heteroatoms. The Hall–Kier alpha value is -3.83. The monoisotopic (exact) mass is 708 g/mol. The molecule has 0 radical (unpaired) electrons. The molecule has 2 aliphatic rings. The highest BCUT2D eigenvalue weighted by atomic mass is 32.2. The number of halogens is 1. The number of hydrogen-bond acceptors (Lipinski definition) is 6. The lowest BCUT2D eigenvalue weighted by molar-refractivity contribution is -0.138. The smallest absolute Gasteiger partial charge is 0.410 e. The van der Waals surface area contributed by atoms with Gasteiger partial charge in [0.25, 0.3) is 0 Å². The molecule has 3 N–H and O–H groups in total. The molecule has 1 aromatic heterocycles. The van der Waals surface area contributed by atoms with Gasteiger partial charge in [-0.3, -0.25) is 9.59 Å². The maximum Gasteiger partial charge on any atom is 0.410 e. The van der Waals surface area contributed by atoms with Crippen LogP contribution in [0, 0.1) is 11.3 Å². The fraction of sp³-hybridized carbons (Fsp3) is 0.513. The number of carbonyl (C=O) groups excluding carboxylic acids is 2. The molecule has 1 saturated heterocycles. The van der Waals surface area contributed by atoms with Crippen molar-refractivity contribution in [3.05, 3.63) is 89.5 Å². The summed E-state index contributed by atoms with van der Waals surface area (Å²) < 4.78 is 23.3. The van der Waals surface area contributed by atoms with Crippen LogP contribution >= 0.6 is 11.8 Å². The first-order valence-electron chi connectivity index (χ1n) is 17.3. The number of nitrogens with two attached hydrogens (primary N) is 1. The zero-order chi connectivity index (χ0) is 36.6. The van der Waals surface area contributed by atoms with Gasteiger partial charge in [0.2, 0.25) is 5.91 Å². The van der Waals surface area contributed by atoms with Crippen molar-refractivity contribution in [3.63, 3.8) is 0 Å². The third-order valence-corrected chi connectivity index (χ3v) is 9.77. The zero-order valence-corrected chi connectivity index (χ0v) is 31.0. The van der Waals surface area contributed by atoms with E-state index in [9.17, 15) is 19.5 Å². The Labute approximate surface area is 300 Å². The van der Waals surface area contributed by atoms with Gasteiger partial charge in [-0.05, 0) is 69.1 Å². The van der Waals surface area contributed by atoms with Crippen LogP contribution in [0.1, 0.15) is 83.7 Å². The van der Waals surface area contributed by atoms with E-state index in [1.165, 1.54) is 17.8 Å². The zero-order valence-electron chi connectivity index (χ0n) is 30.2. The van der Waals surface area contributed by atoms with Crippen molar-refractivity contribution >= 4 is 35.3 Å². The van der Waals surface area contributed by atoms with E-state index in [-0.39, 0.29) is 35.3 Å². The maximum absolute atomic E-state index is 15.6. The summed E-state index contributed by atoms with van der Waals surface area (Å²) in [4.78, 5) is 42.3. The van der Waals surface area contributed by atoms with E-state index in [0.717, 1.165) is 23.2 Å². The lowest BCUT2D eigenvalue weighted by Crippen LogP contribution is -2.46. The SMILES string of the molecule is CC(C)(C)OC(=O)N1CCC(CN(C(=O)CSC[C@H](N)C(=O)O)[C@@H](c2cc(C3=CCCC=CC=C3F)cn2Cc2ccccc2)C(C)(C)C)C1. The average Bonchev–Trinajstić information content (AvgIpc) is 3.65. The molecule has 2 aromatic rings. The Morgan fingerprint density at radius 1 is 1.12 bits per heavy atom. The summed E-state index contributed by atoms with van der Waals surface area (Å²) in [7, 11) is 0. The van der Waals surface area contributed by atoms with Gasteiger partial charge in [0.05, 0.1) is 11.8 Å². The second-order valence-electron chi connectivity index (χ2n) is 15.3. The first kappa shape index (κ1) is 39.0. The number of carboxylic acids is 1. The van der Waals surface area contributed by atoms with E-state index in [1.807, 2.05) is 80.4 Å². The molecule has 1 unspecified atom stereocenters. The molecule has 3 atom stereocenters. The minimum Gasteiger partial charge on any atom is -0.480 e. The van der Waals surface area contributed by atoms with Gasteiger partial charge in [-0.2, -0.15) is 0 Å². The third-order valence-electron chi connectivity index (χ3n) is 8.72. The van der Waals surface area contributed by atoms with E-state index >= 15 is 4.39 Å². The first-order chi connectivity index (χ1) is 23.5. The fourth-order valence-electron chi connectivity index (χ4n) is 6.44. The molecule has 1 aliphatic carbocycles. The summed E-state index contributed by atoms with van der Waals surface area (Å²) in [6.45, 7) is 13.6. The van der Waals surface area contributed by atoms with Crippen LogP contribution in [-0.2, 0) is 20.9 Å². The summed E-state index contributed by atoms with van der Waals surface area (Å²) in [5.41, 5.74) is 7.87. The first-order valence-corrected chi connectivity index (χ1v) is 18.5. The van der Waals surface area contributed by atoms with Crippen LogP contribution in [-0.4, -0.2) is 80.2 Å². The Morgan fingerprint density at radius 3 is 2.50 bits per heavy atom. The van der Waals surface area contributed by atoms with Gasteiger partial charge in [0.1, 0.15) is 17.5 Å². The predicted octanol–water partition coefficient (Wildman–Crippen LogP) is 7.44. The molecule has 9 nitrogen and oxygen atoms in total. The van der Waals surface area contributed by atoms with Crippen molar-refractivity contribution < 1.29 is 28.6 Å². The quantitative estimate of drug-likeness (QED) is 0.235. The summed E-state index contributed by atoms with van der Waals surface area (Å²) in [5.74, 6) is -1.47. The molecular weight excluding hydrogens is 656 g/mol. The second kappa shape index (κ2) is 16.9. The summed E-state index contributed by atoms with van der Waals surface area (Å²) in [6, 6.07) is 10.5. The average molecular weight is 709 g/mol. The van der Waals surface area contributed by atoms with Crippen molar-refractivity contribution in [2.75, 3.05) is 31.1 Å². The van der Waals surface area contributed by atoms with Crippen molar-refractivity contribution in [1.82, 2.24) is 14.4 Å². The Kier molecular flexibility index (Phi) is 13.2. The number of carboxylic acid groups (broad SMARTS) is 1. The van der Waals surface area contributed by atoms with Gasteiger partial charge in [0.15, 0.2) is 0 Å². The van der Waals surface area contributed by atoms with E-state index in [1.54, 1.807) is 11.0 Å². The predicted molar refractivity (Wildman–Crippen MR) is 198 cm³/mol. The normalized spacial score (nSPS) is 18.1. The number of aromatic nitrogens is 1. The number of aliphatic carboxylic acids is 1. The van der Waals surface area contributed by atoms with E-state index in [4.69, 9.17) is 10.5 Å². The molecule has 1 fully saturated rings.